The van der Waals surface area contributed by atoms with Crippen LogP contribution in [0.3, 0.4) is 0 Å². The van der Waals surface area contributed by atoms with Crippen molar-refractivity contribution in [3.8, 4) is 6.07 Å². The third-order valence-electron chi connectivity index (χ3n) is 2.44. The van der Waals surface area contributed by atoms with Gasteiger partial charge in [-0.3, -0.25) is 0 Å². The lowest BCUT2D eigenvalue weighted by Gasteiger charge is -2.04. The number of nitrogens with zero attached hydrogens (tertiary/aromatic N) is 1. The van der Waals surface area contributed by atoms with E-state index in [9.17, 15) is 8.42 Å². The molecule has 1 aromatic rings. The maximum Gasteiger partial charge on any atom is 0.181 e. The highest BCUT2D eigenvalue weighted by Gasteiger charge is 2.36. The van der Waals surface area contributed by atoms with Crippen LogP contribution in [0.5, 0.6) is 0 Å². The molecule has 0 spiro atoms. The first-order valence-corrected chi connectivity index (χ1v) is 6.14. The topological polar surface area (TPSA) is 84.0 Å². The van der Waals surface area contributed by atoms with E-state index in [0.717, 1.165) is 12.8 Å². The fourth-order valence-electron chi connectivity index (χ4n) is 1.39. The van der Waals surface area contributed by atoms with Gasteiger partial charge in [0.05, 0.1) is 21.4 Å². The van der Waals surface area contributed by atoms with Crippen LogP contribution in [0, 0.1) is 11.3 Å². The lowest BCUT2D eigenvalue weighted by molar-refractivity contribution is 0.595. The minimum absolute atomic E-state index is 0.222. The fourth-order valence-corrected chi connectivity index (χ4v) is 3.08. The molecule has 0 amide bonds. The van der Waals surface area contributed by atoms with Crippen molar-refractivity contribution in [2.24, 2.45) is 0 Å². The van der Waals surface area contributed by atoms with Crippen LogP contribution >= 0.6 is 0 Å². The summed E-state index contributed by atoms with van der Waals surface area (Å²) in [6.45, 7) is 0. The first kappa shape index (κ1) is 9.99. The average Bonchev–Trinajstić information content (AvgIpc) is 3.00. The van der Waals surface area contributed by atoms with Gasteiger partial charge in [0, 0.05) is 0 Å². The molecule has 0 aromatic heterocycles. The standard InChI is InChI=1S/C10H10N2O2S/c11-6-7-1-2-9(5-10(7)12)15(13,14)8-3-4-8/h1-2,5,8H,3-4,12H2. The second-order valence-electron chi connectivity index (χ2n) is 3.61. The highest BCUT2D eigenvalue weighted by atomic mass is 32.2. The third-order valence-corrected chi connectivity index (χ3v) is 4.70. The predicted molar refractivity (Wildman–Crippen MR) is 55.8 cm³/mol. The van der Waals surface area contributed by atoms with Gasteiger partial charge in [-0.2, -0.15) is 5.26 Å². The Morgan fingerprint density at radius 1 is 1.40 bits per heavy atom. The van der Waals surface area contributed by atoms with Crippen LogP contribution < -0.4 is 5.73 Å². The molecule has 78 valence electrons. The van der Waals surface area contributed by atoms with E-state index in [1.54, 1.807) is 0 Å². The van der Waals surface area contributed by atoms with Gasteiger partial charge in [0.15, 0.2) is 9.84 Å². The van der Waals surface area contributed by atoms with Gasteiger partial charge in [0.2, 0.25) is 0 Å². The number of anilines is 1. The Kier molecular flexibility index (Phi) is 2.16. The molecule has 5 heteroatoms. The number of nitrogens with two attached hydrogens (primary N) is 1. The largest absolute Gasteiger partial charge is 0.398 e. The summed E-state index contributed by atoms with van der Waals surface area (Å²) >= 11 is 0. The van der Waals surface area contributed by atoms with Crippen LogP contribution in [0.25, 0.3) is 0 Å². The van der Waals surface area contributed by atoms with Crippen molar-refractivity contribution in [3.05, 3.63) is 23.8 Å². The summed E-state index contributed by atoms with van der Waals surface area (Å²) in [4.78, 5) is 0.224. The van der Waals surface area contributed by atoms with Gasteiger partial charge in [-0.15, -0.1) is 0 Å². The van der Waals surface area contributed by atoms with Gasteiger partial charge in [0.1, 0.15) is 6.07 Å². The van der Waals surface area contributed by atoms with E-state index in [0.29, 0.717) is 5.56 Å². The van der Waals surface area contributed by atoms with Crippen molar-refractivity contribution in [2.45, 2.75) is 23.0 Å². The van der Waals surface area contributed by atoms with Gasteiger partial charge in [-0.05, 0) is 31.0 Å². The molecule has 2 rings (SSSR count). The van der Waals surface area contributed by atoms with Crippen LogP contribution in [-0.4, -0.2) is 13.7 Å². The minimum atomic E-state index is -3.20. The second-order valence-corrected chi connectivity index (χ2v) is 5.83. The van der Waals surface area contributed by atoms with Gasteiger partial charge in [-0.25, -0.2) is 8.42 Å². The van der Waals surface area contributed by atoms with Crippen LogP contribution in [0.4, 0.5) is 5.69 Å². The molecular weight excluding hydrogens is 212 g/mol. The number of hydrogen-bond donors (Lipinski definition) is 1. The Morgan fingerprint density at radius 3 is 2.53 bits per heavy atom. The lowest BCUT2D eigenvalue weighted by Crippen LogP contribution is -2.07. The number of benzene rings is 1. The average molecular weight is 222 g/mol. The molecule has 0 aliphatic heterocycles. The summed E-state index contributed by atoms with van der Waals surface area (Å²) in [5.41, 5.74) is 6.09. The van der Waals surface area contributed by atoms with E-state index >= 15 is 0 Å². The van der Waals surface area contributed by atoms with E-state index in [-0.39, 0.29) is 15.8 Å². The van der Waals surface area contributed by atoms with Crippen molar-refractivity contribution in [3.63, 3.8) is 0 Å². The molecule has 0 saturated heterocycles. The molecule has 1 saturated carbocycles. The first-order chi connectivity index (χ1) is 7.05. The Morgan fingerprint density at radius 2 is 2.07 bits per heavy atom. The third kappa shape index (κ3) is 1.68. The Labute approximate surface area is 88.2 Å². The van der Waals surface area contributed by atoms with Crippen LogP contribution in [-0.2, 0) is 9.84 Å². The monoisotopic (exact) mass is 222 g/mol. The maximum atomic E-state index is 11.8. The van der Waals surface area contributed by atoms with Crippen molar-refractivity contribution in [2.75, 3.05) is 5.73 Å². The summed E-state index contributed by atoms with van der Waals surface area (Å²) in [6, 6.07) is 6.16. The molecule has 0 radical (unpaired) electrons. The van der Waals surface area contributed by atoms with E-state index in [4.69, 9.17) is 11.0 Å². The van der Waals surface area contributed by atoms with Gasteiger partial charge in [0.25, 0.3) is 0 Å². The molecule has 1 aliphatic rings. The smallest absolute Gasteiger partial charge is 0.181 e. The van der Waals surface area contributed by atoms with E-state index in [1.165, 1.54) is 18.2 Å². The molecule has 1 aromatic carbocycles. The summed E-state index contributed by atoms with van der Waals surface area (Å²) < 4.78 is 23.6. The fraction of sp³-hybridized carbons (Fsp3) is 0.300. The quantitative estimate of drug-likeness (QED) is 0.759. The zero-order valence-electron chi connectivity index (χ0n) is 7.97. The second kappa shape index (κ2) is 3.24. The van der Waals surface area contributed by atoms with Crippen LogP contribution in [0.2, 0.25) is 0 Å². The van der Waals surface area contributed by atoms with Crippen LogP contribution in [0.1, 0.15) is 18.4 Å². The predicted octanol–water partition coefficient (Wildman–Crippen LogP) is 1.08. The van der Waals surface area contributed by atoms with Crippen molar-refractivity contribution in [1.29, 1.82) is 5.26 Å². The molecule has 0 heterocycles. The van der Waals surface area contributed by atoms with Crippen molar-refractivity contribution >= 4 is 15.5 Å². The number of nitrogen functional groups attached to an aromatic ring is 1. The number of nitriles is 1. The van der Waals surface area contributed by atoms with E-state index < -0.39 is 9.84 Å². The van der Waals surface area contributed by atoms with Crippen LogP contribution in [0.15, 0.2) is 23.1 Å². The summed E-state index contributed by atoms with van der Waals surface area (Å²) in [7, 11) is -3.20. The van der Waals surface area contributed by atoms with E-state index in [1.807, 2.05) is 6.07 Å². The molecule has 0 bridgehead atoms. The summed E-state index contributed by atoms with van der Waals surface area (Å²) in [5.74, 6) is 0. The van der Waals surface area contributed by atoms with Crippen molar-refractivity contribution in [1.82, 2.24) is 0 Å². The van der Waals surface area contributed by atoms with Gasteiger partial charge < -0.3 is 5.73 Å². The number of hydrogen-bond acceptors (Lipinski definition) is 4. The molecule has 0 atom stereocenters. The highest BCUT2D eigenvalue weighted by molar-refractivity contribution is 7.92. The summed E-state index contributed by atoms with van der Waals surface area (Å²) in [5, 5.41) is 8.41. The summed E-state index contributed by atoms with van der Waals surface area (Å²) in [6.07, 6.45) is 1.45. The van der Waals surface area contributed by atoms with Gasteiger partial charge in [-0.1, -0.05) is 0 Å². The zero-order chi connectivity index (χ0) is 11.1. The van der Waals surface area contributed by atoms with Gasteiger partial charge >= 0.3 is 0 Å². The molecule has 15 heavy (non-hydrogen) atoms. The minimum Gasteiger partial charge on any atom is -0.398 e. The Hall–Kier alpha value is -1.54. The van der Waals surface area contributed by atoms with E-state index in [2.05, 4.69) is 0 Å². The molecule has 0 unspecified atom stereocenters. The van der Waals surface area contributed by atoms with Crippen molar-refractivity contribution < 1.29 is 8.42 Å². The number of rotatable bonds is 2. The molecular formula is C10H10N2O2S. The molecule has 1 aliphatic carbocycles. The highest BCUT2D eigenvalue weighted by Crippen LogP contribution is 2.34. The Balaban J connectivity index is 2.47. The number of sulfone groups is 1. The molecule has 4 nitrogen and oxygen atoms in total. The molecule has 2 N–H and O–H groups in total. The Bertz CT molecular complexity index is 539. The lowest BCUT2D eigenvalue weighted by atomic mass is 10.2. The normalized spacial score (nSPS) is 15.9. The maximum absolute atomic E-state index is 11.8. The first-order valence-electron chi connectivity index (χ1n) is 4.59. The molecule has 1 fully saturated rings. The zero-order valence-corrected chi connectivity index (χ0v) is 8.79. The SMILES string of the molecule is N#Cc1ccc(S(=O)(=O)C2CC2)cc1N.